The Labute approximate surface area is 249 Å². The van der Waals surface area contributed by atoms with E-state index >= 15 is 0 Å². The van der Waals surface area contributed by atoms with E-state index in [0.717, 1.165) is 39.4 Å². The molecule has 6 rings (SSSR count). The molecule has 0 aliphatic rings. The SMILES string of the molecule is CCC(C)(OC)C(C)(C)OBc1cccc2oc3ccc(-c4ccccc4-c4ccccc4-c4ccccc4)cc3c12. The second-order valence-electron chi connectivity index (χ2n) is 11.6. The van der Waals surface area contributed by atoms with Gasteiger partial charge in [0.15, 0.2) is 0 Å². The van der Waals surface area contributed by atoms with Crippen LogP contribution < -0.4 is 5.46 Å². The van der Waals surface area contributed by atoms with Gasteiger partial charge in [0.1, 0.15) is 11.2 Å². The molecule has 0 N–H and O–H groups in total. The first-order valence-electron chi connectivity index (χ1n) is 14.7. The van der Waals surface area contributed by atoms with E-state index in [1.807, 2.05) is 12.1 Å². The second-order valence-corrected chi connectivity index (χ2v) is 11.6. The lowest BCUT2D eigenvalue weighted by atomic mass is 9.79. The molecule has 0 fully saturated rings. The number of furan rings is 1. The van der Waals surface area contributed by atoms with Crippen LogP contribution in [0, 0.1) is 0 Å². The van der Waals surface area contributed by atoms with Crippen molar-refractivity contribution in [2.24, 2.45) is 0 Å². The van der Waals surface area contributed by atoms with Gasteiger partial charge in [-0.05, 0) is 84.2 Å². The highest BCUT2D eigenvalue weighted by Gasteiger charge is 2.40. The first-order chi connectivity index (χ1) is 20.3. The number of fused-ring (bicyclic) bond motifs is 3. The van der Waals surface area contributed by atoms with Crippen LogP contribution in [0.4, 0.5) is 0 Å². The van der Waals surface area contributed by atoms with Crippen LogP contribution in [0.5, 0.6) is 0 Å². The largest absolute Gasteiger partial charge is 0.456 e. The summed E-state index contributed by atoms with van der Waals surface area (Å²) in [6, 6.07) is 40.7. The van der Waals surface area contributed by atoms with E-state index in [9.17, 15) is 0 Å². The van der Waals surface area contributed by atoms with Crippen LogP contribution in [0.2, 0.25) is 0 Å². The summed E-state index contributed by atoms with van der Waals surface area (Å²) in [4.78, 5) is 0. The zero-order valence-electron chi connectivity index (χ0n) is 25.1. The van der Waals surface area contributed by atoms with Gasteiger partial charge in [0.2, 0.25) is 0 Å². The van der Waals surface area contributed by atoms with Gasteiger partial charge >= 0.3 is 7.48 Å². The van der Waals surface area contributed by atoms with Crippen molar-refractivity contribution < 1.29 is 13.8 Å². The zero-order chi connectivity index (χ0) is 29.3. The van der Waals surface area contributed by atoms with Gasteiger partial charge < -0.3 is 13.8 Å². The third-order valence-electron chi connectivity index (χ3n) is 9.11. The van der Waals surface area contributed by atoms with Crippen molar-refractivity contribution in [3.8, 4) is 33.4 Å². The summed E-state index contributed by atoms with van der Waals surface area (Å²) in [5.41, 5.74) is 9.15. The summed E-state index contributed by atoms with van der Waals surface area (Å²) >= 11 is 0. The van der Waals surface area contributed by atoms with Crippen LogP contribution in [0.15, 0.2) is 120 Å². The fourth-order valence-corrected chi connectivity index (χ4v) is 5.97. The predicted octanol–water partition coefficient (Wildman–Crippen LogP) is 9.17. The van der Waals surface area contributed by atoms with Crippen molar-refractivity contribution in [3.63, 3.8) is 0 Å². The Bertz CT molecular complexity index is 1850. The van der Waals surface area contributed by atoms with Crippen molar-refractivity contribution in [3.05, 3.63) is 115 Å². The molecule has 0 radical (unpaired) electrons. The molecule has 0 aliphatic heterocycles. The molecule has 1 unspecified atom stereocenters. The van der Waals surface area contributed by atoms with Crippen molar-refractivity contribution in [2.75, 3.05) is 7.11 Å². The molecule has 1 atom stereocenters. The molecule has 3 nitrogen and oxygen atoms in total. The molecule has 0 aliphatic carbocycles. The Balaban J connectivity index is 1.45. The van der Waals surface area contributed by atoms with Gasteiger partial charge in [-0.25, -0.2) is 0 Å². The molecule has 0 spiro atoms. The van der Waals surface area contributed by atoms with E-state index < -0.39 is 11.2 Å². The number of benzene rings is 5. The maximum atomic E-state index is 6.57. The predicted molar refractivity (Wildman–Crippen MR) is 178 cm³/mol. The quantitative estimate of drug-likeness (QED) is 0.168. The van der Waals surface area contributed by atoms with Crippen LogP contribution >= 0.6 is 0 Å². The van der Waals surface area contributed by atoms with Crippen LogP contribution in [0.3, 0.4) is 0 Å². The molecule has 0 amide bonds. The average molecular weight is 553 g/mol. The summed E-state index contributed by atoms with van der Waals surface area (Å²) in [6.45, 7) is 8.46. The molecule has 6 aromatic rings. The molecule has 1 aromatic heterocycles. The Morgan fingerprint density at radius 3 is 1.90 bits per heavy atom. The molecule has 210 valence electrons. The standard InChI is InChI=1S/C38H37BO3/c1-6-38(4,40-5)37(2,3)42-39-33-21-14-22-35-36(33)32-25-27(23-24-34(32)41-35)29-18-11-13-20-31(29)30-19-12-10-17-28(30)26-15-8-7-9-16-26/h7-25,39H,6H2,1-5H3. The monoisotopic (exact) mass is 552 g/mol. The molecule has 0 bridgehead atoms. The van der Waals surface area contributed by atoms with E-state index in [1.165, 1.54) is 27.8 Å². The summed E-state index contributed by atoms with van der Waals surface area (Å²) in [5.74, 6) is 0. The van der Waals surface area contributed by atoms with Crippen molar-refractivity contribution in [2.45, 2.75) is 45.3 Å². The Morgan fingerprint density at radius 2 is 1.26 bits per heavy atom. The summed E-state index contributed by atoms with van der Waals surface area (Å²) < 4.78 is 18.8. The summed E-state index contributed by atoms with van der Waals surface area (Å²) in [5, 5.41) is 2.19. The molecular weight excluding hydrogens is 515 g/mol. The van der Waals surface area contributed by atoms with Crippen molar-refractivity contribution in [1.29, 1.82) is 0 Å². The smallest absolute Gasteiger partial charge is 0.310 e. The zero-order valence-corrected chi connectivity index (χ0v) is 25.1. The lowest BCUT2D eigenvalue weighted by Gasteiger charge is -2.43. The third-order valence-corrected chi connectivity index (χ3v) is 9.11. The normalized spacial score (nSPS) is 13.4. The first kappa shape index (κ1) is 28.0. The number of ether oxygens (including phenoxy) is 1. The Hall–Kier alpha value is -4.12. The number of methoxy groups -OCH3 is 1. The van der Waals surface area contributed by atoms with Crippen LogP contribution in [-0.2, 0) is 9.39 Å². The van der Waals surface area contributed by atoms with Gasteiger partial charge in [-0.3, -0.25) is 0 Å². The second kappa shape index (κ2) is 11.3. The molecule has 0 saturated carbocycles. The Morgan fingerprint density at radius 1 is 0.643 bits per heavy atom. The average Bonchev–Trinajstić information content (AvgIpc) is 3.42. The van der Waals surface area contributed by atoms with Crippen molar-refractivity contribution in [1.82, 2.24) is 0 Å². The van der Waals surface area contributed by atoms with Crippen LogP contribution in [0.25, 0.3) is 55.3 Å². The van der Waals surface area contributed by atoms with Crippen molar-refractivity contribution >= 4 is 34.9 Å². The topological polar surface area (TPSA) is 31.6 Å². The van der Waals surface area contributed by atoms with Gasteiger partial charge in [-0.15, -0.1) is 0 Å². The molecular formula is C38H37BO3. The minimum absolute atomic E-state index is 0.397. The molecule has 5 aromatic carbocycles. The number of rotatable bonds is 9. The van der Waals surface area contributed by atoms with Gasteiger partial charge in [0.25, 0.3) is 0 Å². The minimum Gasteiger partial charge on any atom is -0.456 e. The minimum atomic E-state index is -0.478. The van der Waals surface area contributed by atoms with Gasteiger partial charge in [0.05, 0.1) is 11.2 Å². The van der Waals surface area contributed by atoms with E-state index in [4.69, 9.17) is 13.8 Å². The van der Waals surface area contributed by atoms with Gasteiger partial charge in [-0.2, -0.15) is 0 Å². The molecule has 1 heterocycles. The van der Waals surface area contributed by atoms with Gasteiger partial charge in [0, 0.05) is 17.9 Å². The highest BCUT2D eigenvalue weighted by atomic mass is 16.5. The maximum Gasteiger partial charge on any atom is 0.310 e. The first-order valence-corrected chi connectivity index (χ1v) is 14.7. The lowest BCUT2D eigenvalue weighted by Crippen LogP contribution is -2.52. The summed E-state index contributed by atoms with van der Waals surface area (Å²) in [6.07, 6.45) is 0.853. The highest BCUT2D eigenvalue weighted by molar-refractivity contribution is 6.52. The maximum absolute atomic E-state index is 6.57. The van der Waals surface area contributed by atoms with Crippen LogP contribution in [0.1, 0.15) is 34.1 Å². The van der Waals surface area contributed by atoms with E-state index in [-0.39, 0.29) is 0 Å². The molecule has 4 heteroatoms. The fourth-order valence-electron chi connectivity index (χ4n) is 5.97. The van der Waals surface area contributed by atoms with Crippen LogP contribution in [-0.4, -0.2) is 25.8 Å². The van der Waals surface area contributed by atoms with Gasteiger partial charge in [-0.1, -0.05) is 104 Å². The number of hydrogen-bond donors (Lipinski definition) is 0. The third kappa shape index (κ3) is 4.95. The molecule has 42 heavy (non-hydrogen) atoms. The van der Waals surface area contributed by atoms with E-state index in [2.05, 4.69) is 131 Å². The van der Waals surface area contributed by atoms with E-state index in [0.29, 0.717) is 7.48 Å². The van der Waals surface area contributed by atoms with E-state index in [1.54, 1.807) is 7.11 Å². The highest BCUT2D eigenvalue weighted by Crippen LogP contribution is 2.40. The Kier molecular flexibility index (Phi) is 7.53. The number of hydrogen-bond acceptors (Lipinski definition) is 3. The molecule has 0 saturated heterocycles. The fraction of sp³-hybridized carbons (Fsp3) is 0.211. The summed E-state index contributed by atoms with van der Waals surface area (Å²) in [7, 11) is 2.22. The lowest BCUT2D eigenvalue weighted by molar-refractivity contribution is -0.128.